The fourth-order valence-corrected chi connectivity index (χ4v) is 4.41. The summed E-state index contributed by atoms with van der Waals surface area (Å²) in [6.07, 6.45) is 1.09. The van der Waals surface area contributed by atoms with Gasteiger partial charge in [-0.15, -0.1) is 0 Å². The van der Waals surface area contributed by atoms with E-state index >= 15 is 0 Å². The first kappa shape index (κ1) is 18.3. The molecule has 1 aromatic carbocycles. The summed E-state index contributed by atoms with van der Waals surface area (Å²) in [6, 6.07) is 12.3. The number of likely N-dealkylation sites (tertiary alicyclic amines) is 1. The highest BCUT2D eigenvalue weighted by molar-refractivity contribution is 6.00. The van der Waals surface area contributed by atoms with Crippen LogP contribution in [0.15, 0.2) is 40.8 Å². The third-order valence-corrected chi connectivity index (χ3v) is 6.03. The number of carbonyl (C=O) groups is 1. The molecule has 0 unspecified atom stereocenters. The van der Waals surface area contributed by atoms with Crippen molar-refractivity contribution in [3.05, 3.63) is 47.7 Å². The lowest BCUT2D eigenvalue weighted by atomic mass is 10.0. The summed E-state index contributed by atoms with van der Waals surface area (Å²) >= 11 is 0. The molecule has 1 amide bonds. The summed E-state index contributed by atoms with van der Waals surface area (Å²) in [7, 11) is 0. The van der Waals surface area contributed by atoms with Crippen molar-refractivity contribution in [1.82, 2.24) is 15.1 Å². The monoisotopic (exact) mass is 367 g/mol. The molecule has 2 aromatic rings. The van der Waals surface area contributed by atoms with E-state index < -0.39 is 0 Å². The van der Waals surface area contributed by atoms with E-state index in [0.29, 0.717) is 23.3 Å². The van der Waals surface area contributed by atoms with Gasteiger partial charge in [0.2, 0.25) is 0 Å². The van der Waals surface area contributed by atoms with Gasteiger partial charge in [-0.3, -0.25) is 9.69 Å². The Hall–Kier alpha value is -2.11. The SMILES string of the molecule is CCN(CC)Cc1cc(C(=O)N2CC[C@@H]3CNC[C@@H]32)c(-c2ccccc2)o1. The van der Waals surface area contributed by atoms with Crippen molar-refractivity contribution in [3.8, 4) is 11.3 Å². The Bertz CT molecular complexity index is 782. The average molecular weight is 367 g/mol. The number of nitrogens with one attached hydrogen (secondary N) is 1. The maximum Gasteiger partial charge on any atom is 0.258 e. The van der Waals surface area contributed by atoms with Gasteiger partial charge in [-0.1, -0.05) is 44.2 Å². The smallest absolute Gasteiger partial charge is 0.258 e. The number of hydrogen-bond donors (Lipinski definition) is 1. The van der Waals surface area contributed by atoms with Crippen LogP contribution in [-0.4, -0.2) is 54.5 Å². The Labute approximate surface area is 161 Å². The molecule has 5 heteroatoms. The summed E-state index contributed by atoms with van der Waals surface area (Å²) in [4.78, 5) is 17.8. The second kappa shape index (κ2) is 7.87. The zero-order chi connectivity index (χ0) is 18.8. The van der Waals surface area contributed by atoms with Crippen molar-refractivity contribution in [1.29, 1.82) is 0 Å². The molecule has 4 rings (SSSR count). The van der Waals surface area contributed by atoms with Crippen molar-refractivity contribution in [2.45, 2.75) is 32.9 Å². The number of nitrogens with zero attached hydrogens (tertiary/aromatic N) is 2. The Balaban J connectivity index is 1.67. The zero-order valence-electron chi connectivity index (χ0n) is 16.3. The predicted molar refractivity (Wildman–Crippen MR) is 107 cm³/mol. The largest absolute Gasteiger partial charge is 0.459 e. The van der Waals surface area contributed by atoms with Gasteiger partial charge in [0, 0.05) is 31.2 Å². The van der Waals surface area contributed by atoms with Crippen LogP contribution in [-0.2, 0) is 6.54 Å². The molecule has 0 radical (unpaired) electrons. The predicted octanol–water partition coefficient (Wildman–Crippen LogP) is 3.22. The van der Waals surface area contributed by atoms with Crippen LogP contribution in [0.25, 0.3) is 11.3 Å². The molecule has 2 aliphatic rings. The minimum Gasteiger partial charge on any atom is -0.459 e. The Kier molecular flexibility index (Phi) is 5.32. The second-order valence-corrected chi connectivity index (χ2v) is 7.56. The van der Waals surface area contributed by atoms with Crippen LogP contribution in [0, 0.1) is 5.92 Å². The van der Waals surface area contributed by atoms with Crippen LogP contribution in [0.3, 0.4) is 0 Å². The molecular formula is C22H29N3O2. The van der Waals surface area contributed by atoms with Crippen LogP contribution in [0.5, 0.6) is 0 Å². The van der Waals surface area contributed by atoms with E-state index in [1.165, 1.54) is 0 Å². The van der Waals surface area contributed by atoms with Gasteiger partial charge in [-0.2, -0.15) is 0 Å². The lowest BCUT2D eigenvalue weighted by molar-refractivity contribution is 0.0737. The van der Waals surface area contributed by atoms with Gasteiger partial charge in [-0.05, 0) is 31.5 Å². The molecule has 0 spiro atoms. The number of carbonyl (C=O) groups excluding carboxylic acids is 1. The van der Waals surface area contributed by atoms with Crippen LogP contribution in [0.4, 0.5) is 0 Å². The Morgan fingerprint density at radius 2 is 2.00 bits per heavy atom. The fraction of sp³-hybridized carbons (Fsp3) is 0.500. The van der Waals surface area contributed by atoms with Crippen molar-refractivity contribution < 1.29 is 9.21 Å². The summed E-state index contributed by atoms with van der Waals surface area (Å²) < 4.78 is 6.22. The first-order chi connectivity index (χ1) is 13.2. The van der Waals surface area contributed by atoms with Gasteiger partial charge in [0.25, 0.3) is 5.91 Å². The van der Waals surface area contributed by atoms with Crippen molar-refractivity contribution in [2.75, 3.05) is 32.7 Å². The molecule has 3 heterocycles. The van der Waals surface area contributed by atoms with Gasteiger partial charge in [0.05, 0.1) is 12.1 Å². The normalized spacial score (nSPS) is 21.8. The molecule has 2 saturated heterocycles. The lowest BCUT2D eigenvalue weighted by Crippen LogP contribution is -2.39. The minimum absolute atomic E-state index is 0.111. The van der Waals surface area contributed by atoms with Gasteiger partial charge in [-0.25, -0.2) is 0 Å². The maximum atomic E-state index is 13.4. The van der Waals surface area contributed by atoms with Gasteiger partial charge >= 0.3 is 0 Å². The number of amides is 1. The third kappa shape index (κ3) is 3.54. The fourth-order valence-electron chi connectivity index (χ4n) is 4.41. The molecule has 0 aliphatic carbocycles. The van der Waals surface area contributed by atoms with E-state index in [9.17, 15) is 4.79 Å². The van der Waals surface area contributed by atoms with E-state index in [0.717, 1.165) is 57.0 Å². The number of furan rings is 1. The number of fused-ring (bicyclic) bond motifs is 1. The first-order valence-corrected chi connectivity index (χ1v) is 10.1. The molecule has 0 saturated carbocycles. The molecule has 1 aromatic heterocycles. The van der Waals surface area contributed by atoms with E-state index in [1.807, 2.05) is 36.4 Å². The van der Waals surface area contributed by atoms with E-state index in [-0.39, 0.29) is 5.91 Å². The van der Waals surface area contributed by atoms with E-state index in [4.69, 9.17) is 4.42 Å². The van der Waals surface area contributed by atoms with Crippen molar-refractivity contribution >= 4 is 5.91 Å². The van der Waals surface area contributed by atoms with Crippen LogP contribution < -0.4 is 5.32 Å². The molecule has 2 atom stereocenters. The number of hydrogen-bond acceptors (Lipinski definition) is 4. The molecule has 5 nitrogen and oxygen atoms in total. The number of benzene rings is 1. The summed E-state index contributed by atoms with van der Waals surface area (Å²) in [6.45, 7) is 9.72. The lowest BCUT2D eigenvalue weighted by Gasteiger charge is -2.23. The Morgan fingerprint density at radius 3 is 2.74 bits per heavy atom. The molecule has 2 aliphatic heterocycles. The summed E-state index contributed by atoms with van der Waals surface area (Å²) in [5, 5.41) is 3.43. The zero-order valence-corrected chi connectivity index (χ0v) is 16.3. The van der Waals surface area contributed by atoms with Gasteiger partial charge < -0.3 is 14.6 Å². The molecule has 2 fully saturated rings. The molecular weight excluding hydrogens is 338 g/mol. The van der Waals surface area contributed by atoms with Crippen LogP contribution >= 0.6 is 0 Å². The second-order valence-electron chi connectivity index (χ2n) is 7.56. The quantitative estimate of drug-likeness (QED) is 0.852. The van der Waals surface area contributed by atoms with Gasteiger partial charge in [0.1, 0.15) is 11.5 Å². The third-order valence-electron chi connectivity index (χ3n) is 6.03. The molecule has 0 bridgehead atoms. The van der Waals surface area contributed by atoms with Crippen molar-refractivity contribution in [3.63, 3.8) is 0 Å². The molecule has 1 N–H and O–H groups in total. The number of rotatable bonds is 6. The molecule has 144 valence electrons. The molecule has 27 heavy (non-hydrogen) atoms. The highest BCUT2D eigenvalue weighted by Gasteiger charge is 2.41. The summed E-state index contributed by atoms with van der Waals surface area (Å²) in [5.41, 5.74) is 1.67. The standard InChI is InChI=1S/C22H29N3O2/c1-3-24(4-2)15-18-12-19(21(27-18)16-8-6-5-7-9-16)22(26)25-11-10-17-13-23-14-20(17)25/h5-9,12,17,20,23H,3-4,10-11,13-15H2,1-2H3/t17-,20+/m1/s1. The van der Waals surface area contributed by atoms with Crippen LogP contribution in [0.2, 0.25) is 0 Å². The highest BCUT2D eigenvalue weighted by Crippen LogP contribution is 2.33. The van der Waals surface area contributed by atoms with Crippen LogP contribution in [0.1, 0.15) is 36.4 Å². The maximum absolute atomic E-state index is 13.4. The van der Waals surface area contributed by atoms with Gasteiger partial charge in [0.15, 0.2) is 0 Å². The summed E-state index contributed by atoms with van der Waals surface area (Å²) in [5.74, 6) is 2.27. The van der Waals surface area contributed by atoms with Crippen molar-refractivity contribution in [2.24, 2.45) is 5.92 Å². The average Bonchev–Trinajstić information content (AvgIpc) is 3.41. The Morgan fingerprint density at radius 1 is 1.22 bits per heavy atom. The highest BCUT2D eigenvalue weighted by atomic mass is 16.3. The minimum atomic E-state index is 0.111. The first-order valence-electron chi connectivity index (χ1n) is 10.1. The van der Waals surface area contributed by atoms with E-state index in [2.05, 4.69) is 29.0 Å². The topological polar surface area (TPSA) is 48.7 Å². The van der Waals surface area contributed by atoms with E-state index in [1.54, 1.807) is 0 Å².